The van der Waals surface area contributed by atoms with Crippen LogP contribution in [0.3, 0.4) is 0 Å². The molecule has 0 unspecified atom stereocenters. The first-order valence-corrected chi connectivity index (χ1v) is 11.0. The van der Waals surface area contributed by atoms with Crippen LogP contribution in [0, 0.1) is 0 Å². The highest BCUT2D eigenvalue weighted by molar-refractivity contribution is 8.01. The molecule has 2 aromatic heterocycles. The highest BCUT2D eigenvalue weighted by Gasteiger charge is 2.08. The molecule has 0 radical (unpaired) electrons. The van der Waals surface area contributed by atoms with E-state index in [1.54, 1.807) is 6.26 Å². The van der Waals surface area contributed by atoms with Crippen molar-refractivity contribution in [2.24, 2.45) is 0 Å². The van der Waals surface area contributed by atoms with Crippen molar-refractivity contribution in [3.05, 3.63) is 59.5 Å². The lowest BCUT2D eigenvalue weighted by atomic mass is 10.0. The summed E-state index contributed by atoms with van der Waals surface area (Å²) in [6.45, 7) is 5.56. The van der Waals surface area contributed by atoms with E-state index in [4.69, 9.17) is 4.42 Å². The number of thioether (sulfide) groups is 1. The fourth-order valence-electron chi connectivity index (χ4n) is 2.51. The molecule has 0 aliphatic heterocycles. The molecule has 2 heterocycles. The van der Waals surface area contributed by atoms with Gasteiger partial charge in [0, 0.05) is 6.54 Å². The first kappa shape index (κ1) is 20.4. The topological polar surface area (TPSA) is 80.0 Å². The van der Waals surface area contributed by atoms with E-state index in [0.29, 0.717) is 29.9 Å². The summed E-state index contributed by atoms with van der Waals surface area (Å²) in [6.07, 6.45) is 2.46. The fraction of sp³-hybridized carbons (Fsp3) is 0.350. The van der Waals surface area contributed by atoms with E-state index in [-0.39, 0.29) is 5.91 Å². The molecular weight excluding hydrogens is 392 g/mol. The molecule has 0 atom stereocenters. The van der Waals surface area contributed by atoms with Gasteiger partial charge in [-0.15, -0.1) is 10.2 Å². The van der Waals surface area contributed by atoms with Gasteiger partial charge < -0.3 is 15.1 Å². The predicted molar refractivity (Wildman–Crippen MR) is 114 cm³/mol. The Morgan fingerprint density at radius 1 is 1.21 bits per heavy atom. The number of amides is 1. The third-order valence-corrected chi connectivity index (χ3v) is 6.12. The smallest absolute Gasteiger partial charge is 0.230 e. The number of nitrogens with one attached hydrogen (secondary N) is 2. The molecule has 8 heteroatoms. The van der Waals surface area contributed by atoms with Crippen LogP contribution < -0.4 is 10.6 Å². The van der Waals surface area contributed by atoms with Gasteiger partial charge in [0.15, 0.2) is 4.34 Å². The Bertz CT molecular complexity index is 861. The molecule has 148 valence electrons. The van der Waals surface area contributed by atoms with E-state index in [9.17, 15) is 4.79 Å². The number of aromatic nitrogens is 2. The molecule has 6 nitrogen and oxygen atoms in total. The number of hydrogen-bond donors (Lipinski definition) is 2. The van der Waals surface area contributed by atoms with Gasteiger partial charge in [0.05, 0.1) is 18.6 Å². The maximum Gasteiger partial charge on any atom is 0.230 e. The van der Waals surface area contributed by atoms with Crippen molar-refractivity contribution < 1.29 is 9.21 Å². The Morgan fingerprint density at radius 2 is 2.04 bits per heavy atom. The van der Waals surface area contributed by atoms with E-state index < -0.39 is 0 Å². The van der Waals surface area contributed by atoms with Gasteiger partial charge in [-0.2, -0.15) is 0 Å². The monoisotopic (exact) mass is 416 g/mol. The highest BCUT2D eigenvalue weighted by atomic mass is 32.2. The zero-order chi connectivity index (χ0) is 19.8. The molecular formula is C20H24N4O2S2. The molecule has 1 amide bonds. The van der Waals surface area contributed by atoms with Crippen LogP contribution in [0.1, 0.15) is 36.7 Å². The number of hydrogen-bond acceptors (Lipinski definition) is 7. The Balaban J connectivity index is 1.34. The van der Waals surface area contributed by atoms with E-state index in [1.165, 1.54) is 34.2 Å². The lowest BCUT2D eigenvalue weighted by molar-refractivity contribution is -0.118. The van der Waals surface area contributed by atoms with Crippen LogP contribution in [-0.4, -0.2) is 28.4 Å². The summed E-state index contributed by atoms with van der Waals surface area (Å²) in [5.41, 5.74) is 2.56. The molecule has 3 rings (SSSR count). The lowest BCUT2D eigenvalue weighted by Crippen LogP contribution is -2.27. The number of benzene rings is 1. The van der Waals surface area contributed by atoms with Crippen molar-refractivity contribution in [1.29, 1.82) is 0 Å². The first-order valence-electron chi connectivity index (χ1n) is 9.18. The SMILES string of the molecule is CC(C)c1ccc(CCNC(=O)CSc2nnc(NCc3ccco3)s2)cc1. The van der Waals surface area contributed by atoms with Crippen LogP contribution in [0.5, 0.6) is 0 Å². The third-order valence-electron chi connectivity index (χ3n) is 4.11. The van der Waals surface area contributed by atoms with E-state index in [1.807, 2.05) is 12.1 Å². The Labute approximate surface area is 173 Å². The molecule has 3 aromatic rings. The number of nitrogens with zero attached hydrogens (tertiary/aromatic N) is 2. The number of anilines is 1. The van der Waals surface area contributed by atoms with Gasteiger partial charge in [-0.05, 0) is 35.6 Å². The van der Waals surface area contributed by atoms with Crippen molar-refractivity contribution in [2.75, 3.05) is 17.6 Å². The van der Waals surface area contributed by atoms with Gasteiger partial charge in [-0.3, -0.25) is 4.79 Å². The summed E-state index contributed by atoms with van der Waals surface area (Å²) in [5.74, 6) is 1.71. The fourth-order valence-corrected chi connectivity index (χ4v) is 4.09. The molecule has 0 bridgehead atoms. The minimum Gasteiger partial charge on any atom is -0.467 e. The van der Waals surface area contributed by atoms with Gasteiger partial charge in [0.25, 0.3) is 0 Å². The quantitative estimate of drug-likeness (QED) is 0.479. The van der Waals surface area contributed by atoms with Crippen LogP contribution in [0.4, 0.5) is 5.13 Å². The van der Waals surface area contributed by atoms with Crippen LogP contribution in [0.25, 0.3) is 0 Å². The Morgan fingerprint density at radius 3 is 2.75 bits per heavy atom. The molecule has 0 aliphatic rings. The Kier molecular flexibility index (Phi) is 7.50. The summed E-state index contributed by atoms with van der Waals surface area (Å²) in [6, 6.07) is 12.3. The van der Waals surface area contributed by atoms with Crippen LogP contribution in [0.2, 0.25) is 0 Å². The molecule has 1 aromatic carbocycles. The van der Waals surface area contributed by atoms with Gasteiger partial charge in [-0.25, -0.2) is 0 Å². The zero-order valence-corrected chi connectivity index (χ0v) is 17.6. The predicted octanol–water partition coefficient (Wildman–Crippen LogP) is 4.32. The van der Waals surface area contributed by atoms with Gasteiger partial charge >= 0.3 is 0 Å². The summed E-state index contributed by atoms with van der Waals surface area (Å²) < 4.78 is 6.03. The number of carbonyl (C=O) groups is 1. The van der Waals surface area contributed by atoms with Gasteiger partial charge in [0.2, 0.25) is 11.0 Å². The highest BCUT2D eigenvalue weighted by Crippen LogP contribution is 2.25. The van der Waals surface area contributed by atoms with Crippen LogP contribution in [0.15, 0.2) is 51.4 Å². The van der Waals surface area contributed by atoms with Crippen molar-refractivity contribution in [3.63, 3.8) is 0 Å². The number of carbonyl (C=O) groups excluding carboxylic acids is 1. The van der Waals surface area contributed by atoms with Crippen molar-refractivity contribution in [1.82, 2.24) is 15.5 Å². The van der Waals surface area contributed by atoms with Gasteiger partial charge in [0.1, 0.15) is 5.76 Å². The number of rotatable bonds is 10. The second-order valence-electron chi connectivity index (χ2n) is 6.59. The summed E-state index contributed by atoms with van der Waals surface area (Å²) >= 11 is 2.82. The average molecular weight is 417 g/mol. The van der Waals surface area contributed by atoms with Gasteiger partial charge in [-0.1, -0.05) is 61.2 Å². The summed E-state index contributed by atoms with van der Waals surface area (Å²) in [5, 5.41) is 15.0. The molecule has 28 heavy (non-hydrogen) atoms. The average Bonchev–Trinajstić information content (AvgIpc) is 3.37. The second-order valence-corrected chi connectivity index (χ2v) is 8.79. The van der Waals surface area contributed by atoms with E-state index >= 15 is 0 Å². The minimum atomic E-state index is 0.00379. The zero-order valence-electron chi connectivity index (χ0n) is 16.0. The maximum atomic E-state index is 12.0. The van der Waals surface area contributed by atoms with E-state index in [0.717, 1.165) is 16.5 Å². The Hall–Kier alpha value is -2.32. The largest absolute Gasteiger partial charge is 0.467 e. The van der Waals surface area contributed by atoms with Crippen LogP contribution in [-0.2, 0) is 17.8 Å². The summed E-state index contributed by atoms with van der Waals surface area (Å²) in [4.78, 5) is 12.0. The normalized spacial score (nSPS) is 11.0. The lowest BCUT2D eigenvalue weighted by Gasteiger charge is -2.07. The molecule has 0 spiro atoms. The minimum absolute atomic E-state index is 0.00379. The van der Waals surface area contributed by atoms with Crippen molar-refractivity contribution in [3.8, 4) is 0 Å². The molecule has 0 fully saturated rings. The van der Waals surface area contributed by atoms with Crippen molar-refractivity contribution in [2.45, 2.75) is 37.1 Å². The number of furan rings is 1. The van der Waals surface area contributed by atoms with Crippen molar-refractivity contribution >= 4 is 34.1 Å². The van der Waals surface area contributed by atoms with E-state index in [2.05, 4.69) is 58.9 Å². The molecule has 0 saturated carbocycles. The first-order chi connectivity index (χ1) is 13.6. The maximum absolute atomic E-state index is 12.0. The second kappa shape index (κ2) is 10.3. The molecule has 0 aliphatic carbocycles. The standard InChI is InChI=1S/C20H24N4O2S2/c1-14(2)16-7-5-15(6-8-16)9-10-21-18(25)13-27-20-24-23-19(28-20)22-12-17-4-3-11-26-17/h3-8,11,14H,9-10,12-13H2,1-2H3,(H,21,25)(H,22,23). The van der Waals surface area contributed by atoms with Crippen LogP contribution >= 0.6 is 23.1 Å². The third kappa shape index (κ3) is 6.38. The summed E-state index contributed by atoms with van der Waals surface area (Å²) in [7, 11) is 0. The molecule has 2 N–H and O–H groups in total. The molecule has 0 saturated heterocycles.